The quantitative estimate of drug-likeness (QED) is 0.689. The van der Waals surface area contributed by atoms with E-state index in [2.05, 4.69) is 11.9 Å². The molecule has 1 unspecified atom stereocenters. The number of benzene rings is 1. The molecule has 6 nitrogen and oxygen atoms in total. The minimum Gasteiger partial charge on any atom is -0.444 e. The van der Waals surface area contributed by atoms with Gasteiger partial charge in [-0.15, -0.1) is 0 Å². The van der Waals surface area contributed by atoms with E-state index < -0.39 is 11.7 Å². The van der Waals surface area contributed by atoms with E-state index >= 15 is 0 Å². The minimum absolute atomic E-state index is 0.0304. The Labute approximate surface area is 172 Å². The van der Waals surface area contributed by atoms with Crippen molar-refractivity contribution in [3.05, 3.63) is 72.5 Å². The van der Waals surface area contributed by atoms with E-state index in [0.717, 1.165) is 18.4 Å². The lowest BCUT2D eigenvalue weighted by Crippen LogP contribution is -2.39. The molecule has 2 rings (SSSR count). The third kappa shape index (κ3) is 7.86. The normalized spacial score (nSPS) is 17.3. The number of hydrogen-bond donors (Lipinski definition) is 1. The van der Waals surface area contributed by atoms with Crippen LogP contribution in [0, 0.1) is 0 Å². The number of amides is 2. The Morgan fingerprint density at radius 2 is 2.00 bits per heavy atom. The topological polar surface area (TPSA) is 67.9 Å². The lowest BCUT2D eigenvalue weighted by Gasteiger charge is -2.27. The third-order valence-electron chi connectivity index (χ3n) is 4.22. The highest BCUT2D eigenvalue weighted by molar-refractivity contribution is 5.70. The summed E-state index contributed by atoms with van der Waals surface area (Å²) in [5.74, 6) is 0. The smallest absolute Gasteiger partial charge is 0.411 e. The van der Waals surface area contributed by atoms with Crippen LogP contribution in [-0.4, -0.2) is 35.3 Å². The minimum atomic E-state index is -0.551. The summed E-state index contributed by atoms with van der Waals surface area (Å²) in [5, 5.41) is 2.65. The number of hydrogen-bond acceptors (Lipinski definition) is 4. The van der Waals surface area contributed by atoms with Crippen LogP contribution in [0.2, 0.25) is 0 Å². The molecule has 1 N–H and O–H groups in total. The first-order chi connectivity index (χ1) is 13.8. The molecule has 29 heavy (non-hydrogen) atoms. The van der Waals surface area contributed by atoms with Crippen LogP contribution in [0.3, 0.4) is 0 Å². The molecule has 1 aliphatic rings. The zero-order chi connectivity index (χ0) is 21.3. The first-order valence-corrected chi connectivity index (χ1v) is 9.77. The fourth-order valence-corrected chi connectivity index (χ4v) is 2.87. The monoisotopic (exact) mass is 398 g/mol. The summed E-state index contributed by atoms with van der Waals surface area (Å²) >= 11 is 0. The maximum atomic E-state index is 12.3. The molecule has 0 aromatic heterocycles. The van der Waals surface area contributed by atoms with Crippen molar-refractivity contribution in [3.63, 3.8) is 0 Å². The number of nitrogens with one attached hydrogen (secondary N) is 1. The Kier molecular flexibility index (Phi) is 8.07. The molecule has 0 aliphatic carbocycles. The van der Waals surface area contributed by atoms with Gasteiger partial charge < -0.3 is 14.4 Å². The van der Waals surface area contributed by atoms with Gasteiger partial charge in [0.25, 0.3) is 0 Å². The number of nitrogens with zero attached hydrogens (tertiary/aromatic N) is 1. The number of alkyl carbamates (subject to hydrolysis) is 1. The van der Waals surface area contributed by atoms with Crippen LogP contribution >= 0.6 is 0 Å². The van der Waals surface area contributed by atoms with Gasteiger partial charge in [-0.25, -0.2) is 9.59 Å². The van der Waals surface area contributed by atoms with E-state index in [-0.39, 0.29) is 18.7 Å². The average Bonchev–Trinajstić information content (AvgIpc) is 3.14. The highest BCUT2D eigenvalue weighted by Gasteiger charge is 2.30. The number of carbonyl (C=O) groups is 2. The number of carbonyl (C=O) groups excluding carboxylic acids is 2. The molecular weight excluding hydrogens is 368 g/mol. The SMILES string of the molecule is C=C/C(=C\C=CC1CCCN1C(=O)OC(C)(C)C)NC(=O)OCc1ccccc1. The number of rotatable bonds is 6. The van der Waals surface area contributed by atoms with Crippen molar-refractivity contribution in [2.75, 3.05) is 6.54 Å². The Morgan fingerprint density at radius 1 is 1.28 bits per heavy atom. The fourth-order valence-electron chi connectivity index (χ4n) is 2.87. The van der Waals surface area contributed by atoms with Crippen LogP contribution in [0.5, 0.6) is 0 Å². The molecule has 1 aromatic rings. The van der Waals surface area contributed by atoms with E-state index in [9.17, 15) is 9.59 Å². The van der Waals surface area contributed by atoms with Crippen molar-refractivity contribution >= 4 is 12.2 Å². The number of ether oxygens (including phenoxy) is 2. The van der Waals surface area contributed by atoms with Crippen molar-refractivity contribution in [2.24, 2.45) is 0 Å². The van der Waals surface area contributed by atoms with Crippen LogP contribution in [0.25, 0.3) is 0 Å². The molecule has 1 atom stereocenters. The van der Waals surface area contributed by atoms with Gasteiger partial charge in [-0.1, -0.05) is 49.1 Å². The summed E-state index contributed by atoms with van der Waals surface area (Å²) in [4.78, 5) is 26.0. The highest BCUT2D eigenvalue weighted by atomic mass is 16.6. The van der Waals surface area contributed by atoms with Gasteiger partial charge >= 0.3 is 12.2 Å². The molecule has 156 valence electrons. The summed E-state index contributed by atoms with van der Waals surface area (Å²) in [5.41, 5.74) is 0.907. The Bertz CT molecular complexity index is 763. The maximum Gasteiger partial charge on any atom is 0.411 e. The molecule has 6 heteroatoms. The Balaban J connectivity index is 1.88. The molecule has 1 fully saturated rings. The van der Waals surface area contributed by atoms with Gasteiger partial charge in [0.15, 0.2) is 0 Å². The highest BCUT2D eigenvalue weighted by Crippen LogP contribution is 2.21. The van der Waals surface area contributed by atoms with Crippen molar-refractivity contribution in [1.29, 1.82) is 0 Å². The zero-order valence-corrected chi connectivity index (χ0v) is 17.4. The molecule has 0 spiro atoms. The lowest BCUT2D eigenvalue weighted by atomic mass is 10.2. The Hall–Kier alpha value is -3.02. The van der Waals surface area contributed by atoms with Gasteiger partial charge in [0.1, 0.15) is 12.2 Å². The second-order valence-corrected chi connectivity index (χ2v) is 7.78. The van der Waals surface area contributed by atoms with Gasteiger partial charge in [0, 0.05) is 12.2 Å². The molecule has 1 aromatic carbocycles. The predicted molar refractivity (Wildman–Crippen MR) is 113 cm³/mol. The molecular formula is C23H30N2O4. The number of allylic oxidation sites excluding steroid dienone is 3. The predicted octanol–water partition coefficient (Wildman–Crippen LogP) is 4.94. The van der Waals surface area contributed by atoms with Gasteiger partial charge in [0.2, 0.25) is 0 Å². The van der Waals surface area contributed by atoms with Gasteiger partial charge in [-0.3, -0.25) is 5.32 Å². The second kappa shape index (κ2) is 10.5. The average molecular weight is 399 g/mol. The van der Waals surface area contributed by atoms with Crippen LogP contribution in [0.4, 0.5) is 9.59 Å². The standard InChI is InChI=1S/C23H30N2O4/c1-5-19(24-21(26)28-17-18-11-7-6-8-12-18)13-9-14-20-15-10-16-25(20)22(27)29-23(2,3)4/h5-9,11-14,20H,1,10,15-17H2,2-4H3,(H,24,26)/b14-9?,19-13+. The molecule has 2 amide bonds. The first kappa shape index (κ1) is 22.3. The fraction of sp³-hybridized carbons (Fsp3) is 0.391. The molecule has 0 radical (unpaired) electrons. The van der Waals surface area contributed by atoms with Gasteiger partial charge in [-0.2, -0.15) is 0 Å². The van der Waals surface area contributed by atoms with Crippen LogP contribution in [-0.2, 0) is 16.1 Å². The summed E-state index contributed by atoms with van der Waals surface area (Å²) < 4.78 is 10.7. The van der Waals surface area contributed by atoms with Gasteiger partial charge in [-0.05, 0) is 51.3 Å². The van der Waals surface area contributed by atoms with Crippen LogP contribution in [0.15, 0.2) is 66.9 Å². The van der Waals surface area contributed by atoms with E-state index in [0.29, 0.717) is 12.2 Å². The molecule has 0 saturated carbocycles. The van der Waals surface area contributed by atoms with Crippen molar-refractivity contribution in [3.8, 4) is 0 Å². The Morgan fingerprint density at radius 3 is 2.66 bits per heavy atom. The van der Waals surface area contributed by atoms with Crippen LogP contribution < -0.4 is 5.32 Å². The number of likely N-dealkylation sites (tertiary alicyclic amines) is 1. The third-order valence-corrected chi connectivity index (χ3v) is 4.22. The summed E-state index contributed by atoms with van der Waals surface area (Å²) in [6, 6.07) is 9.43. The second-order valence-electron chi connectivity index (χ2n) is 7.78. The molecule has 1 saturated heterocycles. The van der Waals surface area contributed by atoms with Crippen LogP contribution in [0.1, 0.15) is 39.2 Å². The lowest BCUT2D eigenvalue weighted by molar-refractivity contribution is 0.0256. The van der Waals surface area contributed by atoms with Crippen molar-refractivity contribution in [2.45, 2.75) is 51.9 Å². The summed E-state index contributed by atoms with van der Waals surface area (Å²) in [6.07, 6.45) is 7.94. The zero-order valence-electron chi connectivity index (χ0n) is 17.4. The molecule has 1 aliphatic heterocycles. The van der Waals surface area contributed by atoms with E-state index in [1.54, 1.807) is 11.0 Å². The largest absolute Gasteiger partial charge is 0.444 e. The molecule has 1 heterocycles. The summed E-state index contributed by atoms with van der Waals surface area (Å²) in [7, 11) is 0. The van der Waals surface area contributed by atoms with Crippen molar-refractivity contribution < 1.29 is 19.1 Å². The molecule has 0 bridgehead atoms. The van der Waals surface area contributed by atoms with E-state index in [4.69, 9.17) is 9.47 Å². The van der Waals surface area contributed by atoms with Gasteiger partial charge in [0.05, 0.1) is 6.04 Å². The summed E-state index contributed by atoms with van der Waals surface area (Å²) in [6.45, 7) is 10.1. The van der Waals surface area contributed by atoms with Crippen molar-refractivity contribution in [1.82, 2.24) is 10.2 Å². The maximum absolute atomic E-state index is 12.3. The van der Waals surface area contributed by atoms with E-state index in [1.165, 1.54) is 6.08 Å². The first-order valence-electron chi connectivity index (χ1n) is 9.77. The van der Waals surface area contributed by atoms with E-state index in [1.807, 2.05) is 63.3 Å².